The Balaban J connectivity index is 1.92. The first-order valence-corrected chi connectivity index (χ1v) is 7.87. The van der Waals surface area contributed by atoms with Gasteiger partial charge in [-0.1, -0.05) is 18.3 Å². The SMILES string of the molecule is CCCOc1ccc(-c2cn3c(C)c(C(=O)O)sc3n2)cc1. The van der Waals surface area contributed by atoms with Crippen LogP contribution in [-0.2, 0) is 0 Å². The number of aromatic nitrogens is 2. The molecular formula is C16H16N2O3S. The van der Waals surface area contributed by atoms with Crippen molar-refractivity contribution < 1.29 is 14.6 Å². The molecule has 0 aliphatic rings. The zero-order valence-electron chi connectivity index (χ0n) is 12.4. The van der Waals surface area contributed by atoms with E-state index in [1.807, 2.05) is 34.9 Å². The van der Waals surface area contributed by atoms with Gasteiger partial charge >= 0.3 is 5.97 Å². The summed E-state index contributed by atoms with van der Waals surface area (Å²) in [5.74, 6) is -0.0667. The highest BCUT2D eigenvalue weighted by atomic mass is 32.1. The van der Waals surface area contributed by atoms with Gasteiger partial charge in [0.05, 0.1) is 12.3 Å². The molecule has 2 aromatic heterocycles. The second-order valence-corrected chi connectivity index (χ2v) is 5.95. The van der Waals surface area contributed by atoms with Crippen LogP contribution in [0.25, 0.3) is 16.2 Å². The van der Waals surface area contributed by atoms with Crippen molar-refractivity contribution in [2.24, 2.45) is 0 Å². The van der Waals surface area contributed by atoms with Crippen molar-refractivity contribution in [3.63, 3.8) is 0 Å². The molecule has 3 rings (SSSR count). The highest BCUT2D eigenvalue weighted by molar-refractivity contribution is 7.19. The van der Waals surface area contributed by atoms with Crippen LogP contribution in [0.3, 0.4) is 0 Å². The van der Waals surface area contributed by atoms with Crippen molar-refractivity contribution in [3.8, 4) is 17.0 Å². The first-order chi connectivity index (χ1) is 10.6. The average molecular weight is 316 g/mol. The molecule has 1 N–H and O–H groups in total. The number of fused-ring (bicyclic) bond motifs is 1. The van der Waals surface area contributed by atoms with Gasteiger partial charge in [0.1, 0.15) is 10.6 Å². The number of nitrogens with zero attached hydrogens (tertiary/aromatic N) is 2. The molecule has 2 heterocycles. The van der Waals surface area contributed by atoms with Crippen LogP contribution in [0.1, 0.15) is 28.7 Å². The zero-order valence-corrected chi connectivity index (χ0v) is 13.2. The minimum atomic E-state index is -0.910. The topological polar surface area (TPSA) is 63.8 Å². The number of thiazole rings is 1. The van der Waals surface area contributed by atoms with E-state index in [-0.39, 0.29) is 0 Å². The minimum absolute atomic E-state index is 0.331. The molecule has 0 aliphatic heterocycles. The average Bonchev–Trinajstić information content (AvgIpc) is 3.06. The number of carboxylic acids is 1. The predicted molar refractivity (Wildman–Crippen MR) is 86.0 cm³/mol. The van der Waals surface area contributed by atoms with Gasteiger partial charge < -0.3 is 9.84 Å². The Morgan fingerprint density at radius 1 is 1.36 bits per heavy atom. The summed E-state index contributed by atoms with van der Waals surface area (Å²) in [4.78, 5) is 16.7. The summed E-state index contributed by atoms with van der Waals surface area (Å²) >= 11 is 1.19. The van der Waals surface area contributed by atoms with E-state index in [1.54, 1.807) is 6.92 Å². The van der Waals surface area contributed by atoms with Gasteiger partial charge in [0.25, 0.3) is 0 Å². The van der Waals surface area contributed by atoms with Crippen molar-refractivity contribution >= 4 is 22.3 Å². The molecule has 0 atom stereocenters. The fourth-order valence-electron chi connectivity index (χ4n) is 2.23. The number of carbonyl (C=O) groups is 1. The molecular weight excluding hydrogens is 300 g/mol. The first kappa shape index (κ1) is 14.6. The standard InChI is InChI=1S/C16H16N2O3S/c1-3-8-21-12-6-4-11(5-7-12)13-9-18-10(2)14(15(19)20)22-16(18)17-13/h4-7,9H,3,8H2,1-2H3,(H,19,20). The van der Waals surface area contributed by atoms with Crippen LogP contribution in [0.5, 0.6) is 5.75 Å². The number of benzene rings is 1. The Hall–Kier alpha value is -2.34. The molecule has 0 unspecified atom stereocenters. The number of ether oxygens (including phenoxy) is 1. The van der Waals surface area contributed by atoms with Crippen LogP contribution >= 0.6 is 11.3 Å². The normalized spacial score (nSPS) is 11.0. The molecule has 5 nitrogen and oxygen atoms in total. The third kappa shape index (κ3) is 2.57. The lowest BCUT2D eigenvalue weighted by Crippen LogP contribution is -1.96. The summed E-state index contributed by atoms with van der Waals surface area (Å²) in [5, 5.41) is 9.13. The van der Waals surface area contributed by atoms with E-state index in [9.17, 15) is 4.79 Å². The number of carboxylic acid groups (broad SMARTS) is 1. The molecule has 0 spiro atoms. The molecule has 0 radical (unpaired) electrons. The Morgan fingerprint density at radius 2 is 2.09 bits per heavy atom. The number of rotatable bonds is 5. The van der Waals surface area contributed by atoms with E-state index in [2.05, 4.69) is 11.9 Å². The number of imidazole rings is 1. The largest absolute Gasteiger partial charge is 0.494 e. The fraction of sp³-hybridized carbons (Fsp3) is 0.250. The Bertz CT molecular complexity index is 818. The number of aryl methyl sites for hydroxylation is 1. The summed E-state index contributed by atoms with van der Waals surface area (Å²) in [6.07, 6.45) is 2.85. The monoisotopic (exact) mass is 316 g/mol. The van der Waals surface area contributed by atoms with Gasteiger partial charge in [0.2, 0.25) is 0 Å². The maximum Gasteiger partial charge on any atom is 0.347 e. The lowest BCUT2D eigenvalue weighted by atomic mass is 10.1. The van der Waals surface area contributed by atoms with Crippen molar-refractivity contribution in [1.82, 2.24) is 9.38 Å². The van der Waals surface area contributed by atoms with E-state index in [1.165, 1.54) is 11.3 Å². The van der Waals surface area contributed by atoms with Crippen molar-refractivity contribution in [3.05, 3.63) is 41.0 Å². The summed E-state index contributed by atoms with van der Waals surface area (Å²) in [5.41, 5.74) is 2.51. The quantitative estimate of drug-likeness (QED) is 0.776. The molecule has 1 aromatic carbocycles. The predicted octanol–water partition coefficient (Wildman–Crippen LogP) is 3.86. The molecule has 0 saturated heterocycles. The van der Waals surface area contributed by atoms with E-state index in [0.29, 0.717) is 22.1 Å². The van der Waals surface area contributed by atoms with Crippen molar-refractivity contribution in [2.75, 3.05) is 6.61 Å². The highest BCUT2D eigenvalue weighted by Gasteiger charge is 2.17. The van der Waals surface area contributed by atoms with Crippen LogP contribution in [0.15, 0.2) is 30.5 Å². The molecule has 0 fully saturated rings. The Morgan fingerprint density at radius 3 is 2.68 bits per heavy atom. The summed E-state index contributed by atoms with van der Waals surface area (Å²) in [6.45, 7) is 4.57. The maximum atomic E-state index is 11.1. The zero-order chi connectivity index (χ0) is 15.7. The molecule has 114 valence electrons. The second kappa shape index (κ2) is 5.81. The Kier molecular flexibility index (Phi) is 3.85. The summed E-state index contributed by atoms with van der Waals surface area (Å²) < 4.78 is 7.39. The van der Waals surface area contributed by atoms with Crippen molar-refractivity contribution in [1.29, 1.82) is 0 Å². The van der Waals surface area contributed by atoms with Gasteiger partial charge in [-0.25, -0.2) is 9.78 Å². The van der Waals surface area contributed by atoms with Crippen LogP contribution in [-0.4, -0.2) is 27.1 Å². The van der Waals surface area contributed by atoms with Crippen LogP contribution in [0.2, 0.25) is 0 Å². The van der Waals surface area contributed by atoms with Gasteiger partial charge in [-0.05, 0) is 37.6 Å². The summed E-state index contributed by atoms with van der Waals surface area (Å²) in [7, 11) is 0. The molecule has 0 saturated carbocycles. The van der Waals surface area contributed by atoms with Crippen LogP contribution in [0, 0.1) is 6.92 Å². The maximum absolute atomic E-state index is 11.1. The summed E-state index contributed by atoms with van der Waals surface area (Å²) in [6, 6.07) is 7.78. The molecule has 6 heteroatoms. The molecule has 0 amide bonds. The lowest BCUT2D eigenvalue weighted by Gasteiger charge is -2.04. The number of hydrogen-bond donors (Lipinski definition) is 1. The third-order valence-electron chi connectivity index (χ3n) is 3.37. The van der Waals surface area contributed by atoms with E-state index in [0.717, 1.165) is 23.4 Å². The van der Waals surface area contributed by atoms with Gasteiger partial charge in [-0.2, -0.15) is 0 Å². The first-order valence-electron chi connectivity index (χ1n) is 7.05. The molecule has 22 heavy (non-hydrogen) atoms. The van der Waals surface area contributed by atoms with Crippen LogP contribution < -0.4 is 4.74 Å². The lowest BCUT2D eigenvalue weighted by molar-refractivity contribution is 0.0701. The van der Waals surface area contributed by atoms with Gasteiger partial charge in [-0.15, -0.1) is 0 Å². The smallest absolute Gasteiger partial charge is 0.347 e. The Labute approximate surface area is 131 Å². The molecule has 3 aromatic rings. The minimum Gasteiger partial charge on any atom is -0.494 e. The van der Waals surface area contributed by atoms with Crippen LogP contribution in [0.4, 0.5) is 0 Å². The van der Waals surface area contributed by atoms with Gasteiger partial charge in [0.15, 0.2) is 4.96 Å². The van der Waals surface area contributed by atoms with E-state index < -0.39 is 5.97 Å². The highest BCUT2D eigenvalue weighted by Crippen LogP contribution is 2.28. The second-order valence-electron chi connectivity index (χ2n) is 4.97. The van der Waals surface area contributed by atoms with Gasteiger partial charge in [0, 0.05) is 17.5 Å². The molecule has 0 bridgehead atoms. The number of hydrogen-bond acceptors (Lipinski definition) is 4. The van der Waals surface area contributed by atoms with E-state index >= 15 is 0 Å². The molecule has 0 aliphatic carbocycles. The third-order valence-corrected chi connectivity index (χ3v) is 4.52. The van der Waals surface area contributed by atoms with E-state index in [4.69, 9.17) is 9.84 Å². The fourth-order valence-corrected chi connectivity index (χ4v) is 3.18. The number of aromatic carboxylic acids is 1. The van der Waals surface area contributed by atoms with Gasteiger partial charge in [-0.3, -0.25) is 4.40 Å². The van der Waals surface area contributed by atoms with Crippen molar-refractivity contribution in [2.45, 2.75) is 20.3 Å².